The van der Waals surface area contributed by atoms with Crippen molar-refractivity contribution < 1.29 is 0 Å². The van der Waals surface area contributed by atoms with Crippen molar-refractivity contribution in [1.29, 1.82) is 5.26 Å². The highest BCUT2D eigenvalue weighted by molar-refractivity contribution is 5.98. The zero-order chi connectivity index (χ0) is 17.1. The van der Waals surface area contributed by atoms with Crippen molar-refractivity contribution in [3.63, 3.8) is 0 Å². The van der Waals surface area contributed by atoms with Crippen molar-refractivity contribution in [2.75, 3.05) is 0 Å². The molecule has 0 bridgehead atoms. The van der Waals surface area contributed by atoms with Gasteiger partial charge in [-0.15, -0.1) is 0 Å². The molecule has 0 amide bonds. The molecule has 0 aliphatic heterocycles. The first-order valence-corrected chi connectivity index (χ1v) is 8.18. The normalized spacial score (nSPS) is 11.4. The Bertz CT molecular complexity index is 1070. The first-order valence-electron chi connectivity index (χ1n) is 8.18. The van der Waals surface area contributed by atoms with Crippen LogP contribution in [0.25, 0.3) is 28.1 Å². The van der Waals surface area contributed by atoms with Crippen molar-refractivity contribution in [2.24, 2.45) is 0 Å². The van der Waals surface area contributed by atoms with Crippen LogP contribution in [0.15, 0.2) is 91.3 Å². The predicted molar refractivity (Wildman–Crippen MR) is 103 cm³/mol. The highest BCUT2D eigenvalue weighted by atomic mass is 14.9. The molecule has 0 atom stereocenters. The van der Waals surface area contributed by atoms with Crippen LogP contribution in [0.2, 0.25) is 0 Å². The molecule has 0 spiro atoms. The Hall–Kier alpha value is -3.57. The average molecular weight is 320 g/mol. The van der Waals surface area contributed by atoms with E-state index in [0.717, 1.165) is 22.2 Å². The summed E-state index contributed by atoms with van der Waals surface area (Å²) in [5.41, 5.74) is 3.72. The van der Waals surface area contributed by atoms with E-state index in [1.807, 2.05) is 83.7 Å². The molecule has 0 saturated heterocycles. The molecule has 0 radical (unpaired) electrons. The van der Waals surface area contributed by atoms with Gasteiger partial charge in [-0.2, -0.15) is 5.26 Å². The SMILES string of the molecule is N#C/C(=C\c1cccc2ccccc12)c1ccc(-n2cccc2)cc1. The first kappa shape index (κ1) is 15.0. The van der Waals surface area contributed by atoms with Crippen LogP contribution in [0, 0.1) is 11.3 Å². The summed E-state index contributed by atoms with van der Waals surface area (Å²) in [6.45, 7) is 0. The van der Waals surface area contributed by atoms with Gasteiger partial charge in [0, 0.05) is 18.1 Å². The van der Waals surface area contributed by atoms with Gasteiger partial charge in [0.2, 0.25) is 0 Å². The van der Waals surface area contributed by atoms with E-state index < -0.39 is 0 Å². The Morgan fingerprint density at radius 3 is 2.28 bits per heavy atom. The lowest BCUT2D eigenvalue weighted by Crippen LogP contribution is -1.90. The van der Waals surface area contributed by atoms with E-state index in [0.29, 0.717) is 5.57 Å². The summed E-state index contributed by atoms with van der Waals surface area (Å²) < 4.78 is 2.05. The third-order valence-corrected chi connectivity index (χ3v) is 4.32. The highest BCUT2D eigenvalue weighted by Crippen LogP contribution is 2.24. The molecule has 4 aromatic rings. The topological polar surface area (TPSA) is 28.7 Å². The smallest absolute Gasteiger partial charge is 0.0998 e. The molecular formula is C23H16N2. The Morgan fingerprint density at radius 2 is 1.52 bits per heavy atom. The van der Waals surface area contributed by atoms with Crippen LogP contribution < -0.4 is 0 Å². The molecule has 3 aromatic carbocycles. The molecule has 0 fully saturated rings. The number of nitriles is 1. The second-order valence-electron chi connectivity index (χ2n) is 5.88. The van der Waals surface area contributed by atoms with Crippen LogP contribution >= 0.6 is 0 Å². The van der Waals surface area contributed by atoms with Gasteiger partial charge in [0.05, 0.1) is 11.6 Å². The maximum atomic E-state index is 9.64. The van der Waals surface area contributed by atoms with E-state index in [1.165, 1.54) is 5.39 Å². The average Bonchev–Trinajstić information content (AvgIpc) is 3.21. The number of hydrogen-bond acceptors (Lipinski definition) is 1. The van der Waals surface area contributed by atoms with Gasteiger partial charge in [-0.1, -0.05) is 54.6 Å². The summed E-state index contributed by atoms with van der Waals surface area (Å²) in [5, 5.41) is 12.0. The minimum Gasteiger partial charge on any atom is -0.324 e. The van der Waals surface area contributed by atoms with Crippen molar-refractivity contribution >= 4 is 22.4 Å². The summed E-state index contributed by atoms with van der Waals surface area (Å²) in [5.74, 6) is 0. The van der Waals surface area contributed by atoms with Gasteiger partial charge in [-0.3, -0.25) is 0 Å². The van der Waals surface area contributed by atoms with Gasteiger partial charge in [0.25, 0.3) is 0 Å². The number of nitrogens with zero attached hydrogens (tertiary/aromatic N) is 2. The van der Waals surface area contributed by atoms with E-state index in [4.69, 9.17) is 0 Å². The van der Waals surface area contributed by atoms with Gasteiger partial charge in [0.15, 0.2) is 0 Å². The Labute approximate surface area is 146 Å². The molecule has 2 nitrogen and oxygen atoms in total. The molecule has 2 heteroatoms. The third-order valence-electron chi connectivity index (χ3n) is 4.32. The standard InChI is InChI=1S/C23H16N2/c24-17-21(16-20-8-5-7-19-6-1-2-9-23(19)20)18-10-12-22(13-11-18)25-14-3-4-15-25/h1-16H/b21-16+. The zero-order valence-electron chi connectivity index (χ0n) is 13.6. The van der Waals surface area contributed by atoms with Gasteiger partial charge >= 0.3 is 0 Å². The second kappa shape index (κ2) is 6.51. The van der Waals surface area contributed by atoms with E-state index in [1.54, 1.807) is 0 Å². The quantitative estimate of drug-likeness (QED) is 0.352. The summed E-state index contributed by atoms with van der Waals surface area (Å²) in [6, 6.07) is 28.8. The first-order chi connectivity index (χ1) is 12.3. The highest BCUT2D eigenvalue weighted by Gasteiger charge is 2.04. The number of rotatable bonds is 3. The molecule has 0 aliphatic rings. The molecule has 0 aliphatic carbocycles. The lowest BCUT2D eigenvalue weighted by atomic mass is 9.99. The number of fused-ring (bicyclic) bond motifs is 1. The van der Waals surface area contributed by atoms with E-state index >= 15 is 0 Å². The largest absolute Gasteiger partial charge is 0.324 e. The molecule has 1 heterocycles. The van der Waals surface area contributed by atoms with Crippen LogP contribution in [-0.4, -0.2) is 4.57 Å². The van der Waals surface area contributed by atoms with Gasteiger partial charge < -0.3 is 4.57 Å². The van der Waals surface area contributed by atoms with E-state index in [-0.39, 0.29) is 0 Å². The number of allylic oxidation sites excluding steroid dienone is 1. The molecule has 118 valence electrons. The molecule has 0 N–H and O–H groups in total. The monoisotopic (exact) mass is 320 g/mol. The van der Waals surface area contributed by atoms with Crippen LogP contribution in [0.1, 0.15) is 11.1 Å². The summed E-state index contributed by atoms with van der Waals surface area (Å²) >= 11 is 0. The van der Waals surface area contributed by atoms with Crippen molar-refractivity contribution in [1.82, 2.24) is 4.57 Å². The summed E-state index contributed by atoms with van der Waals surface area (Å²) in [4.78, 5) is 0. The van der Waals surface area contributed by atoms with Crippen molar-refractivity contribution in [3.8, 4) is 11.8 Å². The molecule has 0 unspecified atom stereocenters. The zero-order valence-corrected chi connectivity index (χ0v) is 13.6. The Balaban J connectivity index is 1.75. The molecule has 4 rings (SSSR count). The van der Waals surface area contributed by atoms with Crippen LogP contribution in [0.3, 0.4) is 0 Å². The van der Waals surface area contributed by atoms with Crippen molar-refractivity contribution in [2.45, 2.75) is 0 Å². The lowest BCUT2D eigenvalue weighted by Gasteiger charge is -2.06. The minimum absolute atomic E-state index is 0.662. The third kappa shape index (κ3) is 2.96. The fraction of sp³-hybridized carbons (Fsp3) is 0. The Kier molecular flexibility index (Phi) is 3.90. The Morgan fingerprint density at radius 1 is 0.800 bits per heavy atom. The fourth-order valence-corrected chi connectivity index (χ4v) is 3.03. The number of aromatic nitrogens is 1. The summed E-state index contributed by atoms with van der Waals surface area (Å²) in [6.07, 6.45) is 5.98. The van der Waals surface area contributed by atoms with Crippen LogP contribution in [0.5, 0.6) is 0 Å². The van der Waals surface area contributed by atoms with Crippen LogP contribution in [0.4, 0.5) is 0 Å². The second-order valence-corrected chi connectivity index (χ2v) is 5.88. The van der Waals surface area contributed by atoms with Gasteiger partial charge in [-0.05, 0) is 52.2 Å². The van der Waals surface area contributed by atoms with Crippen LogP contribution in [-0.2, 0) is 0 Å². The fourth-order valence-electron chi connectivity index (χ4n) is 3.03. The number of hydrogen-bond donors (Lipinski definition) is 0. The molecule has 1 aromatic heterocycles. The lowest BCUT2D eigenvalue weighted by molar-refractivity contribution is 1.08. The summed E-state index contributed by atoms with van der Waals surface area (Å²) in [7, 11) is 0. The molecule has 25 heavy (non-hydrogen) atoms. The molecular weight excluding hydrogens is 304 g/mol. The van der Waals surface area contributed by atoms with Gasteiger partial charge in [0.1, 0.15) is 0 Å². The molecule has 0 saturated carbocycles. The van der Waals surface area contributed by atoms with Crippen molar-refractivity contribution in [3.05, 3.63) is 102 Å². The van der Waals surface area contributed by atoms with Gasteiger partial charge in [-0.25, -0.2) is 0 Å². The number of benzene rings is 3. The van der Waals surface area contributed by atoms with E-state index in [2.05, 4.69) is 24.3 Å². The maximum absolute atomic E-state index is 9.64. The maximum Gasteiger partial charge on any atom is 0.0998 e. The van der Waals surface area contributed by atoms with E-state index in [9.17, 15) is 5.26 Å². The predicted octanol–water partition coefficient (Wildman–Crippen LogP) is 5.69. The minimum atomic E-state index is 0.662.